The quantitative estimate of drug-likeness (QED) is 0.573. The Morgan fingerprint density at radius 2 is 1.86 bits per heavy atom. The molecule has 28 heavy (non-hydrogen) atoms. The summed E-state index contributed by atoms with van der Waals surface area (Å²) < 4.78 is 5.12. The highest BCUT2D eigenvalue weighted by molar-refractivity contribution is 6.03. The number of hydrogen-bond donors (Lipinski definition) is 2. The molecule has 3 rings (SSSR count). The summed E-state index contributed by atoms with van der Waals surface area (Å²) in [6, 6.07) is 16.3. The van der Waals surface area contributed by atoms with Crippen molar-refractivity contribution in [3.05, 3.63) is 71.4 Å². The summed E-state index contributed by atoms with van der Waals surface area (Å²) in [7, 11) is 1.70. The minimum atomic E-state index is -0.144. The van der Waals surface area contributed by atoms with Crippen LogP contribution in [-0.2, 0) is 21.4 Å². The van der Waals surface area contributed by atoms with Crippen LogP contribution in [-0.4, -0.2) is 24.6 Å². The van der Waals surface area contributed by atoms with Crippen LogP contribution in [0.5, 0.6) is 0 Å². The molecule has 0 bridgehead atoms. The van der Waals surface area contributed by atoms with Crippen LogP contribution < -0.4 is 5.32 Å². The van der Waals surface area contributed by atoms with Crippen molar-refractivity contribution in [1.82, 2.24) is 4.98 Å². The lowest BCUT2D eigenvalue weighted by atomic mass is 9.87. The number of benzene rings is 2. The highest BCUT2D eigenvalue weighted by Gasteiger charge is 2.12. The second-order valence-electron chi connectivity index (χ2n) is 8.03. The van der Waals surface area contributed by atoms with Gasteiger partial charge in [-0.15, -0.1) is 0 Å². The third kappa shape index (κ3) is 5.11. The van der Waals surface area contributed by atoms with E-state index in [4.69, 9.17) is 4.74 Å². The Balaban J connectivity index is 1.64. The number of hydrogen-bond acceptors (Lipinski definition) is 2. The predicted molar refractivity (Wildman–Crippen MR) is 117 cm³/mol. The molecule has 0 aliphatic heterocycles. The van der Waals surface area contributed by atoms with E-state index in [0.29, 0.717) is 6.61 Å². The Bertz CT molecular complexity index is 976. The summed E-state index contributed by atoms with van der Waals surface area (Å²) in [6.45, 7) is 7.24. The van der Waals surface area contributed by atoms with Crippen LogP contribution in [0, 0.1) is 0 Å². The molecular formula is C24H28N2O2. The Morgan fingerprint density at radius 1 is 1.11 bits per heavy atom. The van der Waals surface area contributed by atoms with Crippen LogP contribution in [0.3, 0.4) is 0 Å². The lowest BCUT2D eigenvalue weighted by Gasteiger charge is -2.18. The highest BCUT2D eigenvalue weighted by Crippen LogP contribution is 2.23. The molecule has 0 saturated heterocycles. The highest BCUT2D eigenvalue weighted by atomic mass is 16.5. The van der Waals surface area contributed by atoms with Gasteiger partial charge in [-0.1, -0.05) is 45.0 Å². The van der Waals surface area contributed by atoms with Crippen molar-refractivity contribution in [3.8, 4) is 0 Å². The second-order valence-corrected chi connectivity index (χ2v) is 8.03. The van der Waals surface area contributed by atoms with Gasteiger partial charge in [0, 0.05) is 41.9 Å². The molecule has 0 spiro atoms. The van der Waals surface area contributed by atoms with Gasteiger partial charge in [0.15, 0.2) is 0 Å². The number of nitrogens with one attached hydrogen (secondary N) is 2. The number of aromatic amines is 1. The molecule has 2 aromatic carbocycles. The van der Waals surface area contributed by atoms with Crippen LogP contribution in [0.25, 0.3) is 17.0 Å². The number of carbonyl (C=O) groups is 1. The number of rotatable bonds is 6. The van der Waals surface area contributed by atoms with E-state index in [-0.39, 0.29) is 11.3 Å². The lowest BCUT2D eigenvalue weighted by molar-refractivity contribution is -0.111. The van der Waals surface area contributed by atoms with Gasteiger partial charge in [-0.05, 0) is 46.9 Å². The largest absolute Gasteiger partial charge is 0.384 e. The van der Waals surface area contributed by atoms with Crippen LogP contribution >= 0.6 is 0 Å². The molecule has 146 valence electrons. The minimum Gasteiger partial charge on any atom is -0.384 e. The fourth-order valence-corrected chi connectivity index (χ4v) is 3.07. The Labute approximate surface area is 166 Å². The summed E-state index contributed by atoms with van der Waals surface area (Å²) >= 11 is 0. The van der Waals surface area contributed by atoms with E-state index < -0.39 is 0 Å². The first-order chi connectivity index (χ1) is 13.3. The van der Waals surface area contributed by atoms with Gasteiger partial charge < -0.3 is 15.0 Å². The van der Waals surface area contributed by atoms with E-state index >= 15 is 0 Å². The van der Waals surface area contributed by atoms with Crippen LogP contribution in [0.4, 0.5) is 5.69 Å². The summed E-state index contributed by atoms with van der Waals surface area (Å²) in [4.78, 5) is 15.6. The van der Waals surface area contributed by atoms with E-state index in [0.717, 1.165) is 34.3 Å². The van der Waals surface area contributed by atoms with Gasteiger partial charge in [0.2, 0.25) is 5.91 Å². The molecule has 1 heterocycles. The van der Waals surface area contributed by atoms with Gasteiger partial charge in [-0.3, -0.25) is 4.79 Å². The van der Waals surface area contributed by atoms with Crippen LogP contribution in [0.1, 0.15) is 37.6 Å². The molecule has 1 amide bonds. The first kappa shape index (κ1) is 19.9. The summed E-state index contributed by atoms with van der Waals surface area (Å²) in [6.07, 6.45) is 4.24. The number of fused-ring (bicyclic) bond motifs is 1. The first-order valence-electron chi connectivity index (χ1n) is 9.55. The number of carbonyl (C=O) groups excluding carboxylic acids is 1. The fraction of sp³-hybridized carbons (Fsp3) is 0.292. The van der Waals surface area contributed by atoms with Crippen molar-refractivity contribution in [2.24, 2.45) is 0 Å². The van der Waals surface area contributed by atoms with E-state index in [1.165, 1.54) is 5.56 Å². The molecule has 0 fully saturated rings. The monoisotopic (exact) mass is 376 g/mol. The van der Waals surface area contributed by atoms with E-state index in [2.05, 4.69) is 49.3 Å². The van der Waals surface area contributed by atoms with Gasteiger partial charge in [0.1, 0.15) is 0 Å². The molecule has 4 nitrogen and oxygen atoms in total. The molecule has 3 aromatic rings. The Kier molecular flexibility index (Phi) is 6.00. The van der Waals surface area contributed by atoms with Gasteiger partial charge in [-0.2, -0.15) is 0 Å². The maximum Gasteiger partial charge on any atom is 0.248 e. The topological polar surface area (TPSA) is 54.1 Å². The van der Waals surface area contributed by atoms with Crippen LogP contribution in [0.15, 0.2) is 54.6 Å². The molecule has 0 radical (unpaired) electrons. The molecule has 2 N–H and O–H groups in total. The smallest absolute Gasteiger partial charge is 0.248 e. The molecule has 0 aliphatic rings. The third-order valence-electron chi connectivity index (χ3n) is 4.72. The SMILES string of the molecule is COCCc1cc2cc(NC(=O)/C=C/c3ccc(C(C)(C)C)cc3)ccc2[nH]1. The second kappa shape index (κ2) is 8.44. The number of H-pyrrole nitrogens is 1. The number of anilines is 1. The molecule has 0 saturated carbocycles. The van der Waals surface area contributed by atoms with Gasteiger partial charge in [-0.25, -0.2) is 0 Å². The number of amides is 1. The van der Waals surface area contributed by atoms with Crippen molar-refractivity contribution in [2.75, 3.05) is 19.0 Å². The van der Waals surface area contributed by atoms with Crippen molar-refractivity contribution < 1.29 is 9.53 Å². The van der Waals surface area contributed by atoms with Crippen molar-refractivity contribution in [1.29, 1.82) is 0 Å². The lowest BCUT2D eigenvalue weighted by Crippen LogP contribution is -2.10. The Morgan fingerprint density at radius 3 is 2.54 bits per heavy atom. The fourth-order valence-electron chi connectivity index (χ4n) is 3.07. The van der Waals surface area contributed by atoms with Crippen LogP contribution in [0.2, 0.25) is 0 Å². The minimum absolute atomic E-state index is 0.125. The first-order valence-corrected chi connectivity index (χ1v) is 9.55. The summed E-state index contributed by atoms with van der Waals surface area (Å²) in [5, 5.41) is 4.00. The summed E-state index contributed by atoms with van der Waals surface area (Å²) in [5.74, 6) is -0.144. The van der Waals surface area contributed by atoms with Crippen molar-refractivity contribution >= 4 is 28.6 Å². The van der Waals surface area contributed by atoms with Crippen molar-refractivity contribution in [3.63, 3.8) is 0 Å². The molecular weight excluding hydrogens is 348 g/mol. The molecule has 0 unspecified atom stereocenters. The Hall–Kier alpha value is -2.85. The zero-order chi connectivity index (χ0) is 20.1. The predicted octanol–water partition coefficient (Wildman–Crippen LogP) is 5.31. The van der Waals surface area contributed by atoms with Gasteiger partial charge in [0.25, 0.3) is 0 Å². The maximum atomic E-state index is 12.3. The number of methoxy groups -OCH3 is 1. The molecule has 0 atom stereocenters. The average Bonchev–Trinajstić information content (AvgIpc) is 3.06. The van der Waals surface area contributed by atoms with Crippen molar-refractivity contribution in [2.45, 2.75) is 32.6 Å². The zero-order valence-corrected chi connectivity index (χ0v) is 17.0. The molecule has 0 aliphatic carbocycles. The van der Waals surface area contributed by atoms with E-state index in [9.17, 15) is 4.79 Å². The zero-order valence-electron chi connectivity index (χ0n) is 17.0. The summed E-state index contributed by atoms with van der Waals surface area (Å²) in [5.41, 5.74) is 5.37. The number of ether oxygens (including phenoxy) is 1. The molecule has 4 heteroatoms. The van der Waals surface area contributed by atoms with Gasteiger partial charge in [0.05, 0.1) is 6.61 Å². The van der Waals surface area contributed by atoms with E-state index in [1.54, 1.807) is 13.2 Å². The van der Waals surface area contributed by atoms with Gasteiger partial charge >= 0.3 is 0 Å². The number of aromatic nitrogens is 1. The van der Waals surface area contributed by atoms with E-state index in [1.807, 2.05) is 36.4 Å². The normalized spacial score (nSPS) is 12.0. The average molecular weight is 377 g/mol. The standard InChI is InChI=1S/C24H28N2O2/c1-24(2,3)19-8-5-17(6-9-19)7-12-23(27)26-20-10-11-22-18(15-20)16-21(25-22)13-14-28-4/h5-12,15-16,25H,13-14H2,1-4H3,(H,26,27)/b12-7+. The maximum absolute atomic E-state index is 12.3. The third-order valence-corrected chi connectivity index (χ3v) is 4.72. The molecule has 1 aromatic heterocycles.